The third-order valence-corrected chi connectivity index (χ3v) is 7.37. The van der Waals surface area contributed by atoms with Crippen LogP contribution in [0.3, 0.4) is 0 Å². The molecule has 142 valence electrons. The standard InChI is InChI=1S/C19H36B2O4/c1-16(2)17(3,4)23-20(22-16)15(14-12-10-9-11-13-14)21-24-18(5,6)19(7,8)25-21/h14-15H,9-13H2,1-8H3. The van der Waals surface area contributed by atoms with E-state index in [1.54, 1.807) is 0 Å². The van der Waals surface area contributed by atoms with Gasteiger partial charge in [-0.25, -0.2) is 0 Å². The third-order valence-electron chi connectivity index (χ3n) is 7.37. The van der Waals surface area contributed by atoms with Crippen molar-refractivity contribution in [2.45, 2.75) is 116 Å². The van der Waals surface area contributed by atoms with Gasteiger partial charge in [0, 0.05) is 5.72 Å². The molecule has 3 rings (SSSR count). The van der Waals surface area contributed by atoms with Crippen molar-refractivity contribution < 1.29 is 18.6 Å². The number of hydrogen-bond donors (Lipinski definition) is 0. The molecule has 0 bridgehead atoms. The van der Waals surface area contributed by atoms with Crippen molar-refractivity contribution in [3.63, 3.8) is 0 Å². The number of hydrogen-bond acceptors (Lipinski definition) is 4. The highest BCUT2D eigenvalue weighted by Crippen LogP contribution is 2.49. The predicted molar refractivity (Wildman–Crippen MR) is 102 cm³/mol. The van der Waals surface area contributed by atoms with Crippen molar-refractivity contribution in [2.24, 2.45) is 5.92 Å². The van der Waals surface area contributed by atoms with Crippen molar-refractivity contribution in [1.29, 1.82) is 0 Å². The van der Waals surface area contributed by atoms with Crippen molar-refractivity contribution in [1.82, 2.24) is 0 Å². The first-order valence-corrected chi connectivity index (χ1v) is 10.1. The Morgan fingerprint density at radius 3 is 1.24 bits per heavy atom. The Labute approximate surface area is 155 Å². The molecule has 0 aromatic heterocycles. The van der Waals surface area contributed by atoms with E-state index in [4.69, 9.17) is 18.6 Å². The van der Waals surface area contributed by atoms with E-state index in [-0.39, 0.29) is 42.4 Å². The lowest BCUT2D eigenvalue weighted by Crippen LogP contribution is -2.43. The molecule has 3 fully saturated rings. The lowest BCUT2D eigenvalue weighted by Gasteiger charge is -2.32. The molecule has 1 saturated carbocycles. The molecule has 0 aromatic rings. The fourth-order valence-corrected chi connectivity index (χ4v) is 4.18. The monoisotopic (exact) mass is 350 g/mol. The lowest BCUT2D eigenvalue weighted by atomic mass is 9.45. The molecule has 3 aliphatic rings. The normalized spacial score (nSPS) is 31.1. The third kappa shape index (κ3) is 3.44. The second-order valence-electron chi connectivity index (χ2n) is 10.2. The summed E-state index contributed by atoms with van der Waals surface area (Å²) in [5.41, 5.74) is -1.19. The molecule has 6 heteroatoms. The topological polar surface area (TPSA) is 36.9 Å². The minimum absolute atomic E-state index is 0.113. The largest absolute Gasteiger partial charge is 0.459 e. The molecule has 0 amide bonds. The van der Waals surface area contributed by atoms with Gasteiger partial charge in [0.05, 0.1) is 22.4 Å². The maximum atomic E-state index is 6.45. The van der Waals surface area contributed by atoms with Gasteiger partial charge in [0.25, 0.3) is 0 Å². The van der Waals surface area contributed by atoms with Crippen LogP contribution >= 0.6 is 0 Å². The quantitative estimate of drug-likeness (QED) is 0.694. The molecule has 0 spiro atoms. The first-order chi connectivity index (χ1) is 11.4. The molecule has 0 N–H and O–H groups in total. The van der Waals surface area contributed by atoms with Crippen molar-refractivity contribution >= 4 is 14.2 Å². The van der Waals surface area contributed by atoms with Crippen LogP contribution in [0.25, 0.3) is 0 Å². The van der Waals surface area contributed by atoms with Gasteiger partial charge in [0.1, 0.15) is 0 Å². The molecule has 1 aliphatic carbocycles. The molecule has 2 saturated heterocycles. The van der Waals surface area contributed by atoms with Gasteiger partial charge in [-0.3, -0.25) is 0 Å². The molecule has 2 heterocycles. The van der Waals surface area contributed by atoms with Crippen LogP contribution in [0.1, 0.15) is 87.5 Å². The van der Waals surface area contributed by atoms with Crippen molar-refractivity contribution in [3.8, 4) is 0 Å². The van der Waals surface area contributed by atoms with E-state index in [2.05, 4.69) is 55.4 Å². The maximum Gasteiger partial charge on any atom is 0.459 e. The average molecular weight is 350 g/mol. The van der Waals surface area contributed by atoms with Gasteiger partial charge in [-0.1, -0.05) is 32.1 Å². The highest BCUT2D eigenvalue weighted by molar-refractivity contribution is 6.68. The highest BCUT2D eigenvalue weighted by Gasteiger charge is 2.63. The van der Waals surface area contributed by atoms with E-state index in [1.807, 2.05) is 0 Å². The Balaban J connectivity index is 1.87. The molecule has 0 aromatic carbocycles. The molecular formula is C19H36B2O4. The van der Waals surface area contributed by atoms with Crippen LogP contribution in [-0.2, 0) is 18.6 Å². The Morgan fingerprint density at radius 1 is 0.600 bits per heavy atom. The zero-order valence-electron chi connectivity index (χ0n) is 17.5. The molecule has 2 aliphatic heterocycles. The molecular weight excluding hydrogens is 314 g/mol. The van der Waals surface area contributed by atoms with Gasteiger partial charge in [-0.05, 0) is 61.3 Å². The van der Waals surface area contributed by atoms with E-state index in [0.717, 1.165) is 0 Å². The number of rotatable bonds is 3. The van der Waals surface area contributed by atoms with E-state index >= 15 is 0 Å². The summed E-state index contributed by atoms with van der Waals surface area (Å²) < 4.78 is 25.8. The van der Waals surface area contributed by atoms with Crippen LogP contribution in [0.2, 0.25) is 5.72 Å². The Kier molecular flexibility index (Phi) is 4.93. The van der Waals surface area contributed by atoms with Crippen LogP contribution < -0.4 is 0 Å². The van der Waals surface area contributed by atoms with Gasteiger partial charge in [0.15, 0.2) is 0 Å². The SMILES string of the molecule is CC1(C)OB(C(B2OC(C)(C)C(C)(C)O2)C2CCCCC2)OC1(C)C. The fourth-order valence-electron chi connectivity index (χ4n) is 4.18. The molecule has 0 unspecified atom stereocenters. The van der Waals surface area contributed by atoms with Gasteiger partial charge in [0.2, 0.25) is 0 Å². The van der Waals surface area contributed by atoms with E-state index in [1.165, 1.54) is 32.1 Å². The summed E-state index contributed by atoms with van der Waals surface area (Å²) >= 11 is 0. The van der Waals surface area contributed by atoms with E-state index in [9.17, 15) is 0 Å². The van der Waals surface area contributed by atoms with Crippen LogP contribution in [0.4, 0.5) is 0 Å². The van der Waals surface area contributed by atoms with E-state index in [0.29, 0.717) is 5.92 Å². The predicted octanol–water partition coefficient (Wildman–Crippen LogP) is 4.66. The lowest BCUT2D eigenvalue weighted by molar-refractivity contribution is 0.00578. The highest BCUT2D eigenvalue weighted by atomic mass is 16.7. The average Bonchev–Trinajstić information content (AvgIpc) is 2.79. The Bertz CT molecular complexity index is 430. The van der Waals surface area contributed by atoms with Crippen molar-refractivity contribution in [3.05, 3.63) is 0 Å². The van der Waals surface area contributed by atoms with Gasteiger partial charge in [-0.2, -0.15) is 0 Å². The Hall–Kier alpha value is -0.0301. The summed E-state index contributed by atoms with van der Waals surface area (Å²) in [5, 5.41) is 0. The summed E-state index contributed by atoms with van der Waals surface area (Å²) in [5.74, 6) is 0.526. The second-order valence-corrected chi connectivity index (χ2v) is 10.2. The molecule has 0 radical (unpaired) electrons. The zero-order valence-corrected chi connectivity index (χ0v) is 17.5. The summed E-state index contributed by atoms with van der Waals surface area (Å²) in [6, 6.07) is 0. The van der Waals surface area contributed by atoms with Crippen LogP contribution in [0.5, 0.6) is 0 Å². The summed E-state index contributed by atoms with van der Waals surface area (Å²) in [6.07, 6.45) is 6.30. The van der Waals surface area contributed by atoms with Crippen LogP contribution in [0, 0.1) is 5.92 Å². The minimum atomic E-state index is -0.325. The second kappa shape index (κ2) is 6.25. The van der Waals surface area contributed by atoms with Crippen LogP contribution in [0.15, 0.2) is 0 Å². The Morgan fingerprint density at radius 2 is 0.920 bits per heavy atom. The smallest absolute Gasteiger partial charge is 0.403 e. The fraction of sp³-hybridized carbons (Fsp3) is 1.00. The van der Waals surface area contributed by atoms with Gasteiger partial charge < -0.3 is 18.6 Å². The van der Waals surface area contributed by atoms with Gasteiger partial charge >= 0.3 is 14.2 Å². The zero-order chi connectivity index (χ0) is 18.7. The first-order valence-electron chi connectivity index (χ1n) is 10.1. The minimum Gasteiger partial charge on any atom is -0.403 e. The molecule has 0 atom stereocenters. The van der Waals surface area contributed by atoms with Crippen LogP contribution in [-0.4, -0.2) is 36.6 Å². The van der Waals surface area contributed by atoms with Crippen molar-refractivity contribution in [2.75, 3.05) is 0 Å². The molecule has 25 heavy (non-hydrogen) atoms. The van der Waals surface area contributed by atoms with E-state index < -0.39 is 0 Å². The molecule has 4 nitrogen and oxygen atoms in total. The maximum absolute atomic E-state index is 6.45. The first kappa shape index (κ1) is 19.7. The summed E-state index contributed by atoms with van der Waals surface area (Å²) in [4.78, 5) is 0. The summed E-state index contributed by atoms with van der Waals surface area (Å²) in [6.45, 7) is 17.0. The van der Waals surface area contributed by atoms with Gasteiger partial charge in [-0.15, -0.1) is 0 Å². The summed E-state index contributed by atoms with van der Waals surface area (Å²) in [7, 11) is -0.550.